The van der Waals surface area contributed by atoms with E-state index in [1.807, 2.05) is 0 Å². The van der Waals surface area contributed by atoms with E-state index in [1.165, 1.54) is 6.07 Å². The van der Waals surface area contributed by atoms with Crippen LogP contribution in [0.15, 0.2) is 24.3 Å². The lowest BCUT2D eigenvalue weighted by atomic mass is 10.1. The van der Waals surface area contributed by atoms with Gasteiger partial charge in [0.25, 0.3) is 0 Å². The highest BCUT2D eigenvalue weighted by molar-refractivity contribution is 5.85. The van der Waals surface area contributed by atoms with Crippen LogP contribution in [-0.2, 0) is 4.74 Å². The minimum Gasteiger partial charge on any atom is -0.507 e. The number of nitrogens with one attached hydrogen (secondary N) is 1. The highest BCUT2D eigenvalue weighted by Gasteiger charge is 2.16. The van der Waals surface area contributed by atoms with E-state index < -0.39 is 11.7 Å². The quantitative estimate of drug-likeness (QED) is 0.783. The number of ether oxygens (including phenoxy) is 1. The van der Waals surface area contributed by atoms with Crippen LogP contribution in [0.25, 0.3) is 6.08 Å². The van der Waals surface area contributed by atoms with Crippen LogP contribution in [0.4, 0.5) is 10.5 Å². The van der Waals surface area contributed by atoms with Crippen molar-refractivity contribution in [2.75, 3.05) is 11.9 Å². The number of anilines is 1. The van der Waals surface area contributed by atoms with Crippen LogP contribution >= 0.6 is 0 Å². The Morgan fingerprint density at radius 3 is 2.68 bits per heavy atom. The summed E-state index contributed by atoms with van der Waals surface area (Å²) in [6, 6.07) is 4.83. The number of carbonyl (C=O) groups excluding carboxylic acids is 1. The van der Waals surface area contributed by atoms with Crippen LogP contribution in [0, 0.1) is 0 Å². The number of aromatic hydroxyl groups is 1. The number of hydrogen-bond acceptors (Lipinski definition) is 4. The third kappa shape index (κ3) is 5.44. The van der Waals surface area contributed by atoms with Crippen LogP contribution in [0.3, 0.4) is 0 Å². The molecule has 0 aliphatic heterocycles. The zero-order valence-corrected chi connectivity index (χ0v) is 11.4. The molecule has 0 spiro atoms. The summed E-state index contributed by atoms with van der Waals surface area (Å²) in [7, 11) is 0. The average molecular weight is 264 g/mol. The molecule has 0 unspecified atom stereocenters. The number of rotatable bonds is 3. The molecule has 1 rings (SSSR count). The van der Waals surface area contributed by atoms with Crippen molar-refractivity contribution in [1.29, 1.82) is 0 Å². The van der Waals surface area contributed by atoms with Crippen molar-refractivity contribution in [1.82, 2.24) is 0 Å². The van der Waals surface area contributed by atoms with Crippen LogP contribution in [0.5, 0.6) is 5.75 Å². The average Bonchev–Trinajstić information content (AvgIpc) is 2.25. The van der Waals surface area contributed by atoms with E-state index in [4.69, 9.17) is 10.5 Å². The number of benzene rings is 1. The molecular formula is C14H20N2O3. The Hall–Kier alpha value is -2.01. The minimum absolute atomic E-state index is 0.0678. The van der Waals surface area contributed by atoms with Gasteiger partial charge in [0.1, 0.15) is 11.4 Å². The van der Waals surface area contributed by atoms with Gasteiger partial charge in [0.2, 0.25) is 0 Å². The lowest BCUT2D eigenvalue weighted by Gasteiger charge is -2.19. The first-order valence-corrected chi connectivity index (χ1v) is 6.01. The molecule has 104 valence electrons. The van der Waals surface area contributed by atoms with Crippen molar-refractivity contribution >= 4 is 17.9 Å². The first-order chi connectivity index (χ1) is 8.81. The maximum Gasteiger partial charge on any atom is 0.412 e. The second-order valence-corrected chi connectivity index (χ2v) is 5.04. The van der Waals surface area contributed by atoms with E-state index >= 15 is 0 Å². The Morgan fingerprint density at radius 1 is 1.47 bits per heavy atom. The van der Waals surface area contributed by atoms with E-state index in [0.717, 1.165) is 0 Å². The molecule has 5 heteroatoms. The summed E-state index contributed by atoms with van der Waals surface area (Å²) in [5.74, 6) is 0.0678. The molecule has 4 N–H and O–H groups in total. The molecule has 0 bridgehead atoms. The van der Waals surface area contributed by atoms with Gasteiger partial charge >= 0.3 is 6.09 Å². The summed E-state index contributed by atoms with van der Waals surface area (Å²) in [6.45, 7) is 5.75. The standard InChI is InChI=1S/C14H20N2O3/c1-14(2,3)19-13(18)16-11-7-6-10(5-4-8-15)12(17)9-11/h4-7,9,17H,8,15H2,1-3H3,(H,16,18)/b5-4+. The maximum absolute atomic E-state index is 11.6. The number of amides is 1. The van der Waals surface area contributed by atoms with E-state index in [1.54, 1.807) is 45.1 Å². The van der Waals surface area contributed by atoms with Gasteiger partial charge in [-0.3, -0.25) is 5.32 Å². The maximum atomic E-state index is 11.6. The van der Waals surface area contributed by atoms with E-state index in [2.05, 4.69) is 5.32 Å². The Morgan fingerprint density at radius 2 is 2.16 bits per heavy atom. The van der Waals surface area contributed by atoms with Gasteiger partial charge in [0.05, 0.1) is 0 Å². The fourth-order valence-electron chi connectivity index (χ4n) is 1.38. The summed E-state index contributed by atoms with van der Waals surface area (Å²) in [4.78, 5) is 11.6. The molecule has 0 saturated carbocycles. The van der Waals surface area contributed by atoms with Crippen LogP contribution in [0.1, 0.15) is 26.3 Å². The summed E-state index contributed by atoms with van der Waals surface area (Å²) in [5.41, 5.74) is 5.89. The first kappa shape index (κ1) is 15.0. The Kier molecular flexibility index (Phi) is 4.94. The third-order valence-corrected chi connectivity index (χ3v) is 2.11. The monoisotopic (exact) mass is 264 g/mol. The number of phenolic OH excluding ortho intramolecular Hbond substituents is 1. The topological polar surface area (TPSA) is 84.6 Å². The lowest BCUT2D eigenvalue weighted by Crippen LogP contribution is -2.27. The van der Waals surface area contributed by atoms with Gasteiger partial charge in [-0.05, 0) is 32.9 Å². The Bertz CT molecular complexity index is 476. The lowest BCUT2D eigenvalue weighted by molar-refractivity contribution is 0.0636. The van der Waals surface area contributed by atoms with E-state index in [0.29, 0.717) is 17.8 Å². The fourth-order valence-corrected chi connectivity index (χ4v) is 1.38. The SMILES string of the molecule is CC(C)(C)OC(=O)Nc1ccc(/C=C/CN)c(O)c1. The van der Waals surface area contributed by atoms with Gasteiger partial charge in [-0.1, -0.05) is 12.2 Å². The molecule has 5 nitrogen and oxygen atoms in total. The second kappa shape index (κ2) is 6.24. The van der Waals surface area contributed by atoms with Crippen LogP contribution in [0.2, 0.25) is 0 Å². The zero-order valence-electron chi connectivity index (χ0n) is 11.4. The van der Waals surface area contributed by atoms with Crippen molar-refractivity contribution in [2.24, 2.45) is 5.73 Å². The molecule has 0 aliphatic rings. The molecule has 0 aliphatic carbocycles. The van der Waals surface area contributed by atoms with E-state index in [9.17, 15) is 9.90 Å². The van der Waals surface area contributed by atoms with Crippen molar-refractivity contribution in [3.8, 4) is 5.75 Å². The number of nitrogens with two attached hydrogens (primary N) is 1. The molecule has 0 fully saturated rings. The Labute approximate surface area is 113 Å². The highest BCUT2D eigenvalue weighted by atomic mass is 16.6. The van der Waals surface area contributed by atoms with Crippen molar-refractivity contribution in [3.05, 3.63) is 29.8 Å². The van der Waals surface area contributed by atoms with Crippen molar-refractivity contribution < 1.29 is 14.6 Å². The van der Waals surface area contributed by atoms with Gasteiger partial charge in [-0.2, -0.15) is 0 Å². The van der Waals surface area contributed by atoms with Gasteiger partial charge in [0, 0.05) is 23.9 Å². The molecular weight excluding hydrogens is 244 g/mol. The smallest absolute Gasteiger partial charge is 0.412 e. The molecule has 1 aromatic carbocycles. The molecule has 0 saturated heterocycles. The second-order valence-electron chi connectivity index (χ2n) is 5.04. The molecule has 1 aromatic rings. The van der Waals surface area contributed by atoms with Gasteiger partial charge in [0.15, 0.2) is 0 Å². The Balaban J connectivity index is 2.73. The van der Waals surface area contributed by atoms with Gasteiger partial charge in [-0.15, -0.1) is 0 Å². The number of carbonyl (C=O) groups is 1. The largest absolute Gasteiger partial charge is 0.507 e. The predicted molar refractivity (Wildman–Crippen MR) is 76.1 cm³/mol. The van der Waals surface area contributed by atoms with Crippen molar-refractivity contribution in [2.45, 2.75) is 26.4 Å². The number of hydrogen-bond donors (Lipinski definition) is 3. The van der Waals surface area contributed by atoms with Crippen LogP contribution < -0.4 is 11.1 Å². The zero-order chi connectivity index (χ0) is 14.5. The summed E-state index contributed by atoms with van der Waals surface area (Å²) in [5, 5.41) is 12.3. The van der Waals surface area contributed by atoms with Crippen molar-refractivity contribution in [3.63, 3.8) is 0 Å². The minimum atomic E-state index is -0.560. The first-order valence-electron chi connectivity index (χ1n) is 6.01. The summed E-state index contributed by atoms with van der Waals surface area (Å²) in [6.07, 6.45) is 2.89. The normalized spacial score (nSPS) is 11.6. The van der Waals surface area contributed by atoms with Gasteiger partial charge < -0.3 is 15.6 Å². The van der Waals surface area contributed by atoms with E-state index in [-0.39, 0.29) is 5.75 Å². The van der Waals surface area contributed by atoms with Crippen LogP contribution in [-0.4, -0.2) is 23.3 Å². The number of phenols is 1. The molecule has 0 atom stereocenters. The summed E-state index contributed by atoms with van der Waals surface area (Å²) < 4.78 is 5.11. The molecule has 1 amide bonds. The fraction of sp³-hybridized carbons (Fsp3) is 0.357. The summed E-state index contributed by atoms with van der Waals surface area (Å²) >= 11 is 0. The highest BCUT2D eigenvalue weighted by Crippen LogP contribution is 2.23. The molecule has 19 heavy (non-hydrogen) atoms. The molecule has 0 radical (unpaired) electrons. The molecule has 0 heterocycles. The predicted octanol–water partition coefficient (Wildman–Crippen LogP) is 2.71. The van der Waals surface area contributed by atoms with Gasteiger partial charge in [-0.25, -0.2) is 4.79 Å². The third-order valence-electron chi connectivity index (χ3n) is 2.11. The molecule has 0 aromatic heterocycles.